The molecule has 5 rings (SSSR count). The van der Waals surface area contributed by atoms with Gasteiger partial charge in [-0.15, -0.1) is 0 Å². The van der Waals surface area contributed by atoms with Gasteiger partial charge in [0.05, 0.1) is 0 Å². The highest BCUT2D eigenvalue weighted by Gasteiger charge is 2.20. The Morgan fingerprint density at radius 2 is 1.62 bits per heavy atom. The Bertz CT molecular complexity index is 985. The molecule has 0 fully saturated rings. The molecule has 0 radical (unpaired) electrons. The summed E-state index contributed by atoms with van der Waals surface area (Å²) in [5.74, 6) is 1.64. The van der Waals surface area contributed by atoms with Crippen molar-refractivity contribution in [1.82, 2.24) is 0 Å². The van der Waals surface area contributed by atoms with E-state index in [-0.39, 0.29) is 6.17 Å². The van der Waals surface area contributed by atoms with Crippen molar-refractivity contribution in [3.63, 3.8) is 0 Å². The highest BCUT2D eigenvalue weighted by molar-refractivity contribution is 6.05. The van der Waals surface area contributed by atoms with Crippen molar-refractivity contribution < 1.29 is 9.47 Å². The second-order valence-electron chi connectivity index (χ2n) is 6.72. The molecule has 2 heterocycles. The molecule has 4 nitrogen and oxygen atoms in total. The highest BCUT2D eigenvalue weighted by Crippen LogP contribution is 2.36. The molecule has 0 saturated heterocycles. The molecule has 130 valence electrons. The number of hydrogen-bond donors (Lipinski definition) is 2. The zero-order valence-corrected chi connectivity index (χ0v) is 14.6. The van der Waals surface area contributed by atoms with Crippen molar-refractivity contribution in [1.29, 1.82) is 0 Å². The summed E-state index contributed by atoms with van der Waals surface area (Å²) in [5.41, 5.74) is 4.63. The van der Waals surface area contributed by atoms with Crippen LogP contribution in [0.2, 0.25) is 0 Å². The third kappa shape index (κ3) is 2.54. The molecule has 3 aromatic carbocycles. The maximum absolute atomic E-state index is 5.69. The van der Waals surface area contributed by atoms with Crippen LogP contribution in [0.3, 0.4) is 0 Å². The molecule has 4 heteroatoms. The van der Waals surface area contributed by atoms with E-state index in [1.807, 2.05) is 12.1 Å². The van der Waals surface area contributed by atoms with E-state index in [1.165, 1.54) is 16.3 Å². The zero-order chi connectivity index (χ0) is 17.5. The molecule has 2 aliphatic heterocycles. The largest absolute Gasteiger partial charge is 0.486 e. The summed E-state index contributed by atoms with van der Waals surface area (Å²) in [4.78, 5) is 0. The standard InChI is InChI=1S/C22H20N2O2/c1-14(12-15-8-9-19-20(13-15)26-11-10-25-19)22-23-17-6-2-4-16-5-3-7-18(24-22)21(16)17/h2-9,12-13,22-24H,10-11H2,1H3/b14-12+. The topological polar surface area (TPSA) is 42.5 Å². The van der Waals surface area contributed by atoms with E-state index in [1.54, 1.807) is 0 Å². The van der Waals surface area contributed by atoms with Crippen molar-refractivity contribution in [3.8, 4) is 11.5 Å². The van der Waals surface area contributed by atoms with Crippen molar-refractivity contribution >= 4 is 28.2 Å². The highest BCUT2D eigenvalue weighted by atomic mass is 16.6. The molecule has 0 atom stereocenters. The van der Waals surface area contributed by atoms with Gasteiger partial charge in [-0.05, 0) is 47.7 Å². The van der Waals surface area contributed by atoms with Gasteiger partial charge in [-0.2, -0.15) is 0 Å². The van der Waals surface area contributed by atoms with E-state index in [0.717, 1.165) is 28.4 Å². The normalized spacial score (nSPS) is 16.1. The van der Waals surface area contributed by atoms with Crippen LogP contribution in [0.4, 0.5) is 11.4 Å². The average molecular weight is 344 g/mol. The second kappa shape index (κ2) is 5.99. The summed E-state index contributed by atoms with van der Waals surface area (Å²) < 4.78 is 11.3. The number of benzene rings is 3. The fourth-order valence-corrected chi connectivity index (χ4v) is 3.65. The van der Waals surface area contributed by atoms with Crippen LogP contribution in [0, 0.1) is 0 Å². The van der Waals surface area contributed by atoms with E-state index >= 15 is 0 Å². The van der Waals surface area contributed by atoms with Crippen LogP contribution in [-0.4, -0.2) is 19.4 Å². The minimum atomic E-state index is 0.0451. The second-order valence-corrected chi connectivity index (χ2v) is 6.72. The summed E-state index contributed by atoms with van der Waals surface area (Å²) in [6.45, 7) is 3.35. The van der Waals surface area contributed by atoms with E-state index in [4.69, 9.17) is 9.47 Å². The van der Waals surface area contributed by atoms with E-state index < -0.39 is 0 Å². The predicted octanol–water partition coefficient (Wildman–Crippen LogP) is 4.88. The number of ether oxygens (including phenoxy) is 2. The van der Waals surface area contributed by atoms with Crippen LogP contribution >= 0.6 is 0 Å². The van der Waals surface area contributed by atoms with Crippen LogP contribution < -0.4 is 20.1 Å². The molecule has 2 N–H and O–H groups in total. The smallest absolute Gasteiger partial charge is 0.161 e. The lowest BCUT2D eigenvalue weighted by Gasteiger charge is -2.30. The molecule has 0 amide bonds. The lowest BCUT2D eigenvalue weighted by Crippen LogP contribution is -2.32. The molecular formula is C22H20N2O2. The van der Waals surface area contributed by atoms with Crippen LogP contribution in [0.25, 0.3) is 16.8 Å². The summed E-state index contributed by atoms with van der Waals surface area (Å²) >= 11 is 0. The third-order valence-electron chi connectivity index (χ3n) is 4.92. The van der Waals surface area contributed by atoms with Gasteiger partial charge in [0.2, 0.25) is 0 Å². The fraction of sp³-hybridized carbons (Fsp3) is 0.182. The molecule has 0 bridgehead atoms. The Balaban J connectivity index is 1.46. The molecule has 0 saturated carbocycles. The van der Waals surface area contributed by atoms with Gasteiger partial charge in [0.15, 0.2) is 11.5 Å². The number of hydrogen-bond acceptors (Lipinski definition) is 4. The monoisotopic (exact) mass is 344 g/mol. The Kier molecular flexibility index (Phi) is 3.49. The Morgan fingerprint density at radius 3 is 2.35 bits per heavy atom. The maximum Gasteiger partial charge on any atom is 0.161 e. The average Bonchev–Trinajstić information content (AvgIpc) is 2.68. The summed E-state index contributed by atoms with van der Waals surface area (Å²) in [6.07, 6.45) is 2.22. The molecule has 0 aromatic heterocycles. The zero-order valence-electron chi connectivity index (χ0n) is 14.6. The Labute approximate surface area is 152 Å². The SMILES string of the molecule is C/C(=C\c1ccc2c(c1)OCCO2)C1Nc2cccc3cccc(c23)N1. The number of anilines is 2. The van der Waals surface area contributed by atoms with Gasteiger partial charge >= 0.3 is 0 Å². The molecule has 26 heavy (non-hydrogen) atoms. The van der Waals surface area contributed by atoms with Gasteiger partial charge in [-0.25, -0.2) is 0 Å². The van der Waals surface area contributed by atoms with Crippen LogP contribution in [0.1, 0.15) is 12.5 Å². The number of rotatable bonds is 2. The molecule has 0 unspecified atom stereocenters. The summed E-state index contributed by atoms with van der Waals surface area (Å²) in [6, 6.07) is 18.8. The first-order chi connectivity index (χ1) is 12.8. The first kappa shape index (κ1) is 15.1. The maximum atomic E-state index is 5.69. The van der Waals surface area contributed by atoms with Crippen molar-refractivity contribution in [2.75, 3.05) is 23.8 Å². The molecular weight excluding hydrogens is 324 g/mol. The van der Waals surface area contributed by atoms with Gasteiger partial charge < -0.3 is 20.1 Å². The van der Waals surface area contributed by atoms with Gasteiger partial charge in [-0.1, -0.05) is 36.4 Å². The number of fused-ring (bicyclic) bond motifs is 1. The summed E-state index contributed by atoms with van der Waals surface area (Å²) in [7, 11) is 0. The van der Waals surface area contributed by atoms with Gasteiger partial charge in [0, 0.05) is 16.8 Å². The van der Waals surface area contributed by atoms with Gasteiger partial charge in [0.1, 0.15) is 19.4 Å². The first-order valence-electron chi connectivity index (χ1n) is 8.91. The minimum absolute atomic E-state index is 0.0451. The predicted molar refractivity (Wildman–Crippen MR) is 106 cm³/mol. The van der Waals surface area contributed by atoms with Gasteiger partial charge in [0.25, 0.3) is 0 Å². The van der Waals surface area contributed by atoms with Crippen molar-refractivity contribution in [3.05, 3.63) is 65.7 Å². The van der Waals surface area contributed by atoms with E-state index in [9.17, 15) is 0 Å². The lowest BCUT2D eigenvalue weighted by atomic mass is 10.0. The number of nitrogens with one attached hydrogen (secondary N) is 2. The Morgan fingerprint density at radius 1 is 0.923 bits per heavy atom. The third-order valence-corrected chi connectivity index (χ3v) is 4.92. The molecule has 0 aliphatic carbocycles. The Hall–Kier alpha value is -3.14. The lowest BCUT2D eigenvalue weighted by molar-refractivity contribution is 0.171. The van der Waals surface area contributed by atoms with Crippen LogP contribution in [0.5, 0.6) is 11.5 Å². The first-order valence-corrected chi connectivity index (χ1v) is 8.91. The van der Waals surface area contributed by atoms with E-state index in [0.29, 0.717) is 13.2 Å². The molecule has 0 spiro atoms. The summed E-state index contributed by atoms with van der Waals surface area (Å²) in [5, 5.41) is 9.71. The minimum Gasteiger partial charge on any atom is -0.486 e. The van der Waals surface area contributed by atoms with Crippen LogP contribution in [-0.2, 0) is 0 Å². The van der Waals surface area contributed by atoms with Crippen LogP contribution in [0.15, 0.2) is 60.2 Å². The van der Waals surface area contributed by atoms with Crippen molar-refractivity contribution in [2.24, 2.45) is 0 Å². The molecule has 2 aliphatic rings. The van der Waals surface area contributed by atoms with Gasteiger partial charge in [-0.3, -0.25) is 0 Å². The fourth-order valence-electron chi connectivity index (χ4n) is 3.65. The molecule has 3 aromatic rings. The quantitative estimate of drug-likeness (QED) is 0.695. The van der Waals surface area contributed by atoms with E-state index in [2.05, 4.69) is 66.1 Å². The van der Waals surface area contributed by atoms with Crippen molar-refractivity contribution in [2.45, 2.75) is 13.1 Å².